The highest BCUT2D eigenvalue weighted by Crippen LogP contribution is 2.29. The topological polar surface area (TPSA) is 79.4 Å². The molecule has 1 aromatic carbocycles. The van der Waals surface area contributed by atoms with Gasteiger partial charge < -0.3 is 5.32 Å². The van der Waals surface area contributed by atoms with Crippen molar-refractivity contribution >= 4 is 26.8 Å². The number of nitrogens with zero attached hydrogens (tertiary/aromatic N) is 2. The van der Waals surface area contributed by atoms with Crippen molar-refractivity contribution in [2.75, 3.05) is 13.1 Å². The predicted octanol–water partition coefficient (Wildman–Crippen LogP) is 2.22. The lowest BCUT2D eigenvalue weighted by Gasteiger charge is -2.31. The van der Waals surface area contributed by atoms with Crippen LogP contribution >= 0.6 is 0 Å². The van der Waals surface area contributed by atoms with Crippen LogP contribution in [0.15, 0.2) is 35.4 Å². The number of aromatic nitrogens is 1. The molecular weight excluding hydrogens is 350 g/mol. The van der Waals surface area contributed by atoms with Crippen LogP contribution in [0.2, 0.25) is 0 Å². The third-order valence-corrected chi connectivity index (χ3v) is 7.00. The van der Waals surface area contributed by atoms with Gasteiger partial charge in [0.25, 0.3) is 0 Å². The molecule has 1 saturated heterocycles. The number of sulfonamides is 1. The maximum absolute atomic E-state index is 13.2. The zero-order valence-electron chi connectivity index (χ0n) is 14.8. The van der Waals surface area contributed by atoms with E-state index in [2.05, 4.69) is 10.3 Å². The zero-order chi connectivity index (χ0) is 18.3. The smallest absolute Gasteiger partial charge is 0.245 e. The molecular formula is C19H23N3O3S. The average molecular weight is 373 g/mol. The Morgan fingerprint density at radius 1 is 1.27 bits per heavy atom. The van der Waals surface area contributed by atoms with E-state index in [0.717, 1.165) is 30.2 Å². The van der Waals surface area contributed by atoms with Gasteiger partial charge in [-0.2, -0.15) is 4.31 Å². The molecule has 1 amide bonds. The second-order valence-electron chi connectivity index (χ2n) is 7.33. The molecule has 0 spiro atoms. The van der Waals surface area contributed by atoms with Crippen molar-refractivity contribution in [3.8, 4) is 0 Å². The molecule has 6 nitrogen and oxygen atoms in total. The number of nitrogens with one attached hydrogen (secondary N) is 1. The van der Waals surface area contributed by atoms with Crippen LogP contribution in [0, 0.1) is 12.8 Å². The third kappa shape index (κ3) is 3.33. The van der Waals surface area contributed by atoms with Crippen LogP contribution < -0.4 is 5.32 Å². The molecule has 1 N–H and O–H groups in total. The molecule has 1 aromatic heterocycles. The van der Waals surface area contributed by atoms with Gasteiger partial charge in [-0.15, -0.1) is 0 Å². The van der Waals surface area contributed by atoms with Crippen LogP contribution in [0.25, 0.3) is 10.9 Å². The van der Waals surface area contributed by atoms with Gasteiger partial charge in [0.15, 0.2) is 0 Å². The molecule has 0 unspecified atom stereocenters. The number of carbonyl (C=O) groups is 1. The van der Waals surface area contributed by atoms with Crippen molar-refractivity contribution in [3.63, 3.8) is 0 Å². The number of pyridine rings is 1. The second-order valence-corrected chi connectivity index (χ2v) is 9.23. The molecule has 1 aliphatic heterocycles. The highest BCUT2D eigenvalue weighted by Gasteiger charge is 2.35. The lowest BCUT2D eigenvalue weighted by Crippen LogP contribution is -2.45. The van der Waals surface area contributed by atoms with Gasteiger partial charge in [0.2, 0.25) is 15.9 Å². The Morgan fingerprint density at radius 3 is 2.85 bits per heavy atom. The molecule has 1 saturated carbocycles. The fourth-order valence-corrected chi connectivity index (χ4v) is 5.20. The summed E-state index contributed by atoms with van der Waals surface area (Å²) in [4.78, 5) is 16.9. The number of amides is 1. The van der Waals surface area contributed by atoms with E-state index in [9.17, 15) is 13.2 Å². The summed E-state index contributed by atoms with van der Waals surface area (Å²) >= 11 is 0. The molecule has 7 heteroatoms. The Morgan fingerprint density at radius 2 is 2.08 bits per heavy atom. The van der Waals surface area contributed by atoms with Gasteiger partial charge in [0.05, 0.1) is 11.4 Å². The lowest BCUT2D eigenvalue weighted by atomic mass is 9.99. The van der Waals surface area contributed by atoms with Gasteiger partial charge in [-0.3, -0.25) is 9.78 Å². The van der Waals surface area contributed by atoms with E-state index in [0.29, 0.717) is 24.5 Å². The number of piperidine rings is 1. The number of carbonyl (C=O) groups excluding carboxylic acids is 1. The van der Waals surface area contributed by atoms with Crippen molar-refractivity contribution in [2.24, 2.45) is 5.92 Å². The lowest BCUT2D eigenvalue weighted by molar-refractivity contribution is -0.126. The van der Waals surface area contributed by atoms with Gasteiger partial charge in [0, 0.05) is 30.7 Å². The summed E-state index contributed by atoms with van der Waals surface area (Å²) in [5.41, 5.74) is 1.48. The first kappa shape index (κ1) is 17.4. The van der Waals surface area contributed by atoms with Crippen molar-refractivity contribution in [1.82, 2.24) is 14.6 Å². The van der Waals surface area contributed by atoms with E-state index in [1.54, 1.807) is 18.3 Å². The summed E-state index contributed by atoms with van der Waals surface area (Å²) in [6, 6.07) is 7.45. The Labute approximate surface area is 153 Å². The van der Waals surface area contributed by atoms with Crippen molar-refractivity contribution in [1.29, 1.82) is 0 Å². The SMILES string of the molecule is Cc1cnc2c(S(=O)(=O)N3CCC[C@@H](C(=O)NC4CC4)C3)cccc2c1. The number of hydrogen-bond donors (Lipinski definition) is 1. The molecule has 0 radical (unpaired) electrons. The summed E-state index contributed by atoms with van der Waals surface area (Å²) in [7, 11) is -3.69. The van der Waals surface area contributed by atoms with Gasteiger partial charge in [-0.25, -0.2) is 8.42 Å². The maximum Gasteiger partial charge on any atom is 0.245 e. The number of para-hydroxylation sites is 1. The number of fused-ring (bicyclic) bond motifs is 1. The summed E-state index contributed by atoms with van der Waals surface area (Å²) in [5, 5.41) is 3.81. The largest absolute Gasteiger partial charge is 0.353 e. The average Bonchev–Trinajstić information content (AvgIpc) is 3.45. The molecule has 2 fully saturated rings. The Bertz CT molecular complexity index is 954. The molecule has 2 aliphatic rings. The minimum absolute atomic E-state index is 0.0148. The number of rotatable bonds is 4. The van der Waals surface area contributed by atoms with Crippen LogP contribution in [0.5, 0.6) is 0 Å². The first-order chi connectivity index (χ1) is 12.4. The molecule has 2 aromatic rings. The van der Waals surface area contributed by atoms with E-state index in [4.69, 9.17) is 0 Å². The molecule has 138 valence electrons. The Kier molecular flexibility index (Phi) is 4.44. The molecule has 2 heterocycles. The third-order valence-electron chi connectivity index (χ3n) is 5.11. The Hall–Kier alpha value is -1.99. The van der Waals surface area contributed by atoms with E-state index in [-0.39, 0.29) is 23.3 Å². The van der Waals surface area contributed by atoms with E-state index in [1.165, 1.54) is 4.31 Å². The van der Waals surface area contributed by atoms with Gasteiger partial charge >= 0.3 is 0 Å². The standard InChI is InChI=1S/C19H23N3O3S/c1-13-10-14-4-2-6-17(18(14)20-11-13)26(24,25)22-9-3-5-15(12-22)19(23)21-16-7-8-16/h2,4,6,10-11,15-16H,3,5,7-9,12H2,1H3,(H,21,23)/t15-/m1/s1. The molecule has 1 atom stereocenters. The summed E-state index contributed by atoms with van der Waals surface area (Å²) in [6.45, 7) is 2.61. The maximum atomic E-state index is 13.2. The molecule has 1 aliphatic carbocycles. The minimum Gasteiger partial charge on any atom is -0.353 e. The monoisotopic (exact) mass is 373 g/mol. The summed E-state index contributed by atoms with van der Waals surface area (Å²) in [5.74, 6) is -0.289. The van der Waals surface area contributed by atoms with Crippen LogP contribution in [-0.2, 0) is 14.8 Å². The summed E-state index contributed by atoms with van der Waals surface area (Å²) in [6.07, 6.45) is 5.17. The van der Waals surface area contributed by atoms with Crippen molar-refractivity contribution in [3.05, 3.63) is 36.0 Å². The summed E-state index contributed by atoms with van der Waals surface area (Å²) < 4.78 is 27.9. The number of hydrogen-bond acceptors (Lipinski definition) is 4. The first-order valence-corrected chi connectivity index (χ1v) is 10.5. The van der Waals surface area contributed by atoms with E-state index in [1.807, 2.05) is 19.1 Å². The molecule has 4 rings (SSSR count). The van der Waals surface area contributed by atoms with Gasteiger partial charge in [-0.1, -0.05) is 12.1 Å². The normalized spacial score (nSPS) is 21.7. The fraction of sp³-hybridized carbons (Fsp3) is 0.474. The number of benzene rings is 1. The van der Waals surface area contributed by atoms with E-state index < -0.39 is 10.0 Å². The van der Waals surface area contributed by atoms with Crippen LogP contribution in [0.4, 0.5) is 0 Å². The van der Waals surface area contributed by atoms with Gasteiger partial charge in [0.1, 0.15) is 4.90 Å². The van der Waals surface area contributed by atoms with Crippen molar-refractivity contribution < 1.29 is 13.2 Å². The second kappa shape index (κ2) is 6.63. The van der Waals surface area contributed by atoms with Crippen molar-refractivity contribution in [2.45, 2.75) is 43.5 Å². The molecule has 0 bridgehead atoms. The van der Waals surface area contributed by atoms with Crippen LogP contribution in [0.3, 0.4) is 0 Å². The van der Waals surface area contributed by atoms with Gasteiger partial charge in [-0.05, 0) is 50.3 Å². The first-order valence-electron chi connectivity index (χ1n) is 9.11. The fourth-order valence-electron chi connectivity index (χ4n) is 3.51. The van der Waals surface area contributed by atoms with Crippen LogP contribution in [-0.4, -0.2) is 42.7 Å². The highest BCUT2D eigenvalue weighted by atomic mass is 32.2. The number of aryl methyl sites for hydroxylation is 1. The zero-order valence-corrected chi connectivity index (χ0v) is 15.6. The van der Waals surface area contributed by atoms with E-state index >= 15 is 0 Å². The Balaban J connectivity index is 1.62. The molecule has 26 heavy (non-hydrogen) atoms. The predicted molar refractivity (Wildman–Crippen MR) is 99.1 cm³/mol. The van der Waals surface area contributed by atoms with Crippen LogP contribution in [0.1, 0.15) is 31.2 Å². The quantitative estimate of drug-likeness (QED) is 0.891. The highest BCUT2D eigenvalue weighted by molar-refractivity contribution is 7.89. The minimum atomic E-state index is -3.69.